The quantitative estimate of drug-likeness (QED) is 0.498. The Morgan fingerprint density at radius 3 is 2.30 bits per heavy atom. The van der Waals surface area contributed by atoms with E-state index in [0.29, 0.717) is 12.2 Å². The van der Waals surface area contributed by atoms with E-state index in [0.717, 1.165) is 26.2 Å². The van der Waals surface area contributed by atoms with E-state index in [-0.39, 0.29) is 18.4 Å². The number of nitrogens with one attached hydrogen (secondary N) is 1. The molecular formula is C24H32BrN3O4S. The van der Waals surface area contributed by atoms with Gasteiger partial charge < -0.3 is 10.2 Å². The first-order chi connectivity index (χ1) is 15.5. The van der Waals surface area contributed by atoms with Crippen LogP contribution in [0.15, 0.2) is 53.0 Å². The normalized spacial score (nSPS) is 12.3. The Hall–Kier alpha value is -2.39. The van der Waals surface area contributed by atoms with Crippen molar-refractivity contribution in [3.05, 3.63) is 64.1 Å². The maximum atomic E-state index is 13.5. The third kappa shape index (κ3) is 7.30. The van der Waals surface area contributed by atoms with Gasteiger partial charge in [0, 0.05) is 17.6 Å². The summed E-state index contributed by atoms with van der Waals surface area (Å²) >= 11 is 3.43. The van der Waals surface area contributed by atoms with E-state index in [2.05, 4.69) is 21.2 Å². The van der Waals surface area contributed by atoms with Gasteiger partial charge in [-0.2, -0.15) is 0 Å². The lowest BCUT2D eigenvalue weighted by molar-refractivity contribution is -0.139. The Bertz CT molecular complexity index is 1090. The van der Waals surface area contributed by atoms with Crippen LogP contribution < -0.4 is 9.62 Å². The summed E-state index contributed by atoms with van der Waals surface area (Å²) in [6.07, 6.45) is 1.09. The van der Waals surface area contributed by atoms with Gasteiger partial charge in [0.2, 0.25) is 21.8 Å². The molecule has 9 heteroatoms. The van der Waals surface area contributed by atoms with Crippen molar-refractivity contribution in [1.29, 1.82) is 0 Å². The van der Waals surface area contributed by atoms with Gasteiger partial charge in [0.15, 0.2) is 0 Å². The molecule has 0 radical (unpaired) electrons. The number of sulfonamides is 1. The molecular weight excluding hydrogens is 506 g/mol. The predicted octanol–water partition coefficient (Wildman–Crippen LogP) is 3.89. The minimum Gasteiger partial charge on any atom is -0.355 e. The summed E-state index contributed by atoms with van der Waals surface area (Å²) in [5.74, 6) is -0.695. The van der Waals surface area contributed by atoms with Gasteiger partial charge in [-0.3, -0.25) is 13.9 Å². The minimum absolute atomic E-state index is 0.0626. The number of halogens is 1. The lowest BCUT2D eigenvalue weighted by Gasteiger charge is -2.32. The molecule has 33 heavy (non-hydrogen) atoms. The van der Waals surface area contributed by atoms with Gasteiger partial charge in [-0.25, -0.2) is 8.42 Å². The first-order valence-corrected chi connectivity index (χ1v) is 13.5. The Balaban J connectivity index is 2.45. The number of benzene rings is 2. The van der Waals surface area contributed by atoms with Gasteiger partial charge >= 0.3 is 0 Å². The number of likely N-dealkylation sites (N-methyl/N-ethyl adjacent to an activating group) is 1. The van der Waals surface area contributed by atoms with Gasteiger partial charge in [-0.1, -0.05) is 60.1 Å². The zero-order valence-corrected chi connectivity index (χ0v) is 22.1. The van der Waals surface area contributed by atoms with E-state index < -0.39 is 28.5 Å². The van der Waals surface area contributed by atoms with Crippen LogP contribution in [0, 0.1) is 0 Å². The third-order valence-corrected chi connectivity index (χ3v) is 6.89. The van der Waals surface area contributed by atoms with Crippen LogP contribution in [0.25, 0.3) is 0 Å². The highest BCUT2D eigenvalue weighted by atomic mass is 79.9. The highest BCUT2D eigenvalue weighted by molar-refractivity contribution is 9.10. The van der Waals surface area contributed by atoms with Crippen molar-refractivity contribution in [3.63, 3.8) is 0 Å². The number of hydrogen-bond donors (Lipinski definition) is 1. The number of carbonyl (C=O) groups is 2. The Labute approximate surface area is 205 Å². The lowest BCUT2D eigenvalue weighted by Crippen LogP contribution is -2.51. The van der Waals surface area contributed by atoms with E-state index in [1.165, 1.54) is 4.90 Å². The van der Waals surface area contributed by atoms with Crippen LogP contribution in [0.2, 0.25) is 0 Å². The first kappa shape index (κ1) is 26.9. The fourth-order valence-corrected chi connectivity index (χ4v) is 4.85. The SMILES string of the molecule is CCNC(=O)[C@H](C)N(Cc1cccc(Br)c1)C(=O)CN(c1ccccc1C(C)C)S(C)(=O)=O. The molecule has 2 aromatic rings. The van der Waals surface area contributed by atoms with E-state index in [1.54, 1.807) is 26.0 Å². The van der Waals surface area contributed by atoms with Crippen LogP contribution in [0.3, 0.4) is 0 Å². The molecule has 0 aromatic heterocycles. The van der Waals surface area contributed by atoms with Crippen molar-refractivity contribution in [2.24, 2.45) is 0 Å². The molecule has 0 bridgehead atoms. The molecule has 0 aliphatic rings. The molecule has 2 rings (SSSR count). The molecule has 2 aromatic carbocycles. The highest BCUT2D eigenvalue weighted by Crippen LogP contribution is 2.29. The number of rotatable bonds is 10. The van der Waals surface area contributed by atoms with Crippen LogP contribution in [0.1, 0.15) is 44.7 Å². The fourth-order valence-electron chi connectivity index (χ4n) is 3.53. The first-order valence-electron chi connectivity index (χ1n) is 10.8. The summed E-state index contributed by atoms with van der Waals surface area (Å²) in [5.41, 5.74) is 2.12. The van der Waals surface area contributed by atoms with Crippen molar-refractivity contribution in [2.45, 2.75) is 46.2 Å². The second-order valence-corrected chi connectivity index (χ2v) is 11.0. The fraction of sp³-hybridized carbons (Fsp3) is 0.417. The molecule has 0 unspecified atom stereocenters. The van der Waals surface area contributed by atoms with E-state index >= 15 is 0 Å². The van der Waals surface area contributed by atoms with Gasteiger partial charge in [-0.05, 0) is 49.1 Å². The number of hydrogen-bond acceptors (Lipinski definition) is 4. The van der Waals surface area contributed by atoms with Crippen molar-refractivity contribution < 1.29 is 18.0 Å². The van der Waals surface area contributed by atoms with Crippen molar-refractivity contribution in [3.8, 4) is 0 Å². The smallest absolute Gasteiger partial charge is 0.244 e. The summed E-state index contributed by atoms with van der Waals surface area (Å²) in [6.45, 7) is 7.59. The van der Waals surface area contributed by atoms with Gasteiger partial charge in [-0.15, -0.1) is 0 Å². The number of carbonyl (C=O) groups excluding carboxylic acids is 2. The molecule has 2 amide bonds. The zero-order valence-electron chi connectivity index (χ0n) is 19.7. The van der Waals surface area contributed by atoms with Crippen LogP contribution in [-0.4, -0.2) is 50.5 Å². The Morgan fingerprint density at radius 2 is 1.73 bits per heavy atom. The standard InChI is InChI=1S/C24H32BrN3O4S/c1-6-26-24(30)18(4)27(15-19-10-9-11-20(25)14-19)23(29)16-28(33(5,31)32)22-13-8-7-12-21(22)17(2)3/h7-14,17-18H,6,15-16H2,1-5H3,(H,26,30)/t18-/m0/s1. The average molecular weight is 539 g/mol. The van der Waals surface area contributed by atoms with Gasteiger partial charge in [0.1, 0.15) is 12.6 Å². The molecule has 0 saturated heterocycles. The average Bonchev–Trinajstić information content (AvgIpc) is 2.74. The largest absolute Gasteiger partial charge is 0.355 e. The zero-order chi connectivity index (χ0) is 24.8. The minimum atomic E-state index is -3.76. The summed E-state index contributed by atoms with van der Waals surface area (Å²) in [7, 11) is -3.76. The Morgan fingerprint density at radius 1 is 1.06 bits per heavy atom. The van der Waals surface area contributed by atoms with E-state index in [1.807, 2.05) is 50.2 Å². The monoisotopic (exact) mass is 537 g/mol. The summed E-state index contributed by atoms with van der Waals surface area (Å²) in [6, 6.07) is 13.8. The number of anilines is 1. The van der Waals surface area contributed by atoms with Gasteiger partial charge in [0.05, 0.1) is 11.9 Å². The van der Waals surface area contributed by atoms with Crippen molar-refractivity contribution in [1.82, 2.24) is 10.2 Å². The van der Waals surface area contributed by atoms with E-state index in [9.17, 15) is 18.0 Å². The topological polar surface area (TPSA) is 86.8 Å². The molecule has 1 N–H and O–H groups in total. The highest BCUT2D eigenvalue weighted by Gasteiger charge is 2.30. The molecule has 1 atom stereocenters. The van der Waals surface area contributed by atoms with Gasteiger partial charge in [0.25, 0.3) is 0 Å². The van der Waals surface area contributed by atoms with Crippen molar-refractivity contribution in [2.75, 3.05) is 23.7 Å². The molecule has 180 valence electrons. The van der Waals surface area contributed by atoms with E-state index in [4.69, 9.17) is 0 Å². The van der Waals surface area contributed by atoms with Crippen LogP contribution in [0.5, 0.6) is 0 Å². The molecule has 0 aliphatic carbocycles. The summed E-state index contributed by atoms with van der Waals surface area (Å²) < 4.78 is 27.5. The predicted molar refractivity (Wildman–Crippen MR) is 136 cm³/mol. The molecule has 0 aliphatic heterocycles. The number of nitrogens with zero attached hydrogens (tertiary/aromatic N) is 2. The summed E-state index contributed by atoms with van der Waals surface area (Å²) in [4.78, 5) is 27.5. The lowest BCUT2D eigenvalue weighted by atomic mass is 10.0. The molecule has 7 nitrogen and oxygen atoms in total. The second-order valence-electron chi connectivity index (χ2n) is 8.21. The third-order valence-electron chi connectivity index (χ3n) is 5.27. The number of amides is 2. The maximum absolute atomic E-state index is 13.5. The van der Waals surface area contributed by atoms with Crippen LogP contribution >= 0.6 is 15.9 Å². The van der Waals surface area contributed by atoms with Crippen molar-refractivity contribution >= 4 is 43.5 Å². The summed E-state index contributed by atoms with van der Waals surface area (Å²) in [5, 5.41) is 2.74. The molecule has 0 fully saturated rings. The molecule has 0 spiro atoms. The van der Waals surface area contributed by atoms with Crippen LogP contribution in [-0.2, 0) is 26.2 Å². The second kappa shape index (κ2) is 11.7. The van der Waals surface area contributed by atoms with Crippen LogP contribution in [0.4, 0.5) is 5.69 Å². The number of para-hydroxylation sites is 1. The molecule has 0 heterocycles. The molecule has 0 saturated carbocycles. The Kier molecular flexibility index (Phi) is 9.48. The maximum Gasteiger partial charge on any atom is 0.244 e.